The van der Waals surface area contributed by atoms with E-state index in [2.05, 4.69) is 29.2 Å². The first-order valence-corrected chi connectivity index (χ1v) is 7.19. The molecule has 2 aliphatic rings. The van der Waals surface area contributed by atoms with Crippen LogP contribution in [0.25, 0.3) is 0 Å². The Labute approximate surface area is 114 Å². The molecule has 0 radical (unpaired) electrons. The molecule has 0 aliphatic heterocycles. The fraction of sp³-hybridized carbons (Fsp3) is 0.562. The number of nitrogens with zero attached hydrogens (tertiary/aromatic N) is 1. The predicted molar refractivity (Wildman–Crippen MR) is 73.9 cm³/mol. The molecule has 1 amide bonds. The Morgan fingerprint density at radius 2 is 2.11 bits per heavy atom. The topological polar surface area (TPSA) is 29.5 Å². The van der Waals surface area contributed by atoms with E-state index < -0.39 is 0 Å². The number of fused-ring (bicyclic) bond motifs is 1. The van der Waals surface area contributed by atoms with Gasteiger partial charge in [0.1, 0.15) is 6.61 Å². The van der Waals surface area contributed by atoms with Gasteiger partial charge in [0.25, 0.3) is 0 Å². The van der Waals surface area contributed by atoms with Crippen molar-refractivity contribution in [2.45, 2.75) is 44.2 Å². The molecule has 0 aromatic heterocycles. The summed E-state index contributed by atoms with van der Waals surface area (Å²) in [5, 5.41) is 0. The van der Waals surface area contributed by atoms with Gasteiger partial charge in [-0.3, -0.25) is 4.79 Å². The number of benzene rings is 1. The van der Waals surface area contributed by atoms with Crippen LogP contribution in [0.1, 0.15) is 42.9 Å². The van der Waals surface area contributed by atoms with E-state index in [1.807, 2.05) is 0 Å². The molecule has 1 saturated carbocycles. The highest BCUT2D eigenvalue weighted by Gasteiger charge is 2.39. The molecule has 0 N–H and O–H groups in total. The molecule has 0 saturated heterocycles. The van der Waals surface area contributed by atoms with Crippen LogP contribution in [-0.4, -0.2) is 30.6 Å². The van der Waals surface area contributed by atoms with Crippen molar-refractivity contribution in [1.82, 2.24) is 4.90 Å². The fourth-order valence-electron chi connectivity index (χ4n) is 3.20. The van der Waals surface area contributed by atoms with Gasteiger partial charge in [-0.25, -0.2) is 0 Å². The summed E-state index contributed by atoms with van der Waals surface area (Å²) in [4.78, 5) is 14.4. The molecule has 3 rings (SSSR count). The Morgan fingerprint density at radius 3 is 2.84 bits per heavy atom. The van der Waals surface area contributed by atoms with Gasteiger partial charge >= 0.3 is 0 Å². The normalized spacial score (nSPS) is 21.8. The van der Waals surface area contributed by atoms with Crippen molar-refractivity contribution >= 4 is 5.91 Å². The van der Waals surface area contributed by atoms with Crippen LogP contribution >= 0.6 is 0 Å². The zero-order valence-corrected chi connectivity index (χ0v) is 11.5. The van der Waals surface area contributed by atoms with E-state index in [1.165, 1.54) is 17.5 Å². The molecule has 0 bridgehead atoms. The van der Waals surface area contributed by atoms with E-state index in [4.69, 9.17) is 4.74 Å². The second-order valence-electron chi connectivity index (χ2n) is 5.57. The van der Waals surface area contributed by atoms with Crippen molar-refractivity contribution in [1.29, 1.82) is 0 Å². The molecular weight excluding hydrogens is 238 g/mol. The van der Waals surface area contributed by atoms with E-state index in [0.717, 1.165) is 25.7 Å². The SMILES string of the molecule is COCC(=O)N(C1CC1)C1CCCc2ccccc21. The minimum absolute atomic E-state index is 0.145. The van der Waals surface area contributed by atoms with Crippen LogP contribution in [0.3, 0.4) is 0 Å². The lowest BCUT2D eigenvalue weighted by atomic mass is 9.86. The molecule has 0 spiro atoms. The van der Waals surface area contributed by atoms with Crippen LogP contribution in [0.4, 0.5) is 0 Å². The molecule has 1 unspecified atom stereocenters. The summed E-state index contributed by atoms with van der Waals surface area (Å²) in [6, 6.07) is 9.28. The molecule has 19 heavy (non-hydrogen) atoms. The monoisotopic (exact) mass is 259 g/mol. The summed E-state index contributed by atoms with van der Waals surface area (Å²) in [5.74, 6) is 0.145. The van der Waals surface area contributed by atoms with Gasteiger partial charge < -0.3 is 9.64 Å². The van der Waals surface area contributed by atoms with Crippen molar-refractivity contribution in [3.8, 4) is 0 Å². The van der Waals surface area contributed by atoms with Gasteiger partial charge in [0, 0.05) is 13.2 Å². The first-order chi connectivity index (χ1) is 9.31. The molecule has 2 aliphatic carbocycles. The van der Waals surface area contributed by atoms with Gasteiger partial charge in [0.2, 0.25) is 5.91 Å². The Kier molecular flexibility index (Phi) is 3.56. The Bertz CT molecular complexity index is 468. The van der Waals surface area contributed by atoms with Gasteiger partial charge in [0.05, 0.1) is 6.04 Å². The maximum absolute atomic E-state index is 12.3. The number of carbonyl (C=O) groups is 1. The van der Waals surface area contributed by atoms with Crippen molar-refractivity contribution in [3.05, 3.63) is 35.4 Å². The summed E-state index contributed by atoms with van der Waals surface area (Å²) < 4.78 is 5.05. The summed E-state index contributed by atoms with van der Waals surface area (Å²) >= 11 is 0. The number of hydrogen-bond donors (Lipinski definition) is 0. The lowest BCUT2D eigenvalue weighted by Gasteiger charge is -2.36. The van der Waals surface area contributed by atoms with Crippen molar-refractivity contribution < 1.29 is 9.53 Å². The van der Waals surface area contributed by atoms with Crippen molar-refractivity contribution in [2.75, 3.05) is 13.7 Å². The Balaban J connectivity index is 1.89. The van der Waals surface area contributed by atoms with E-state index in [9.17, 15) is 4.79 Å². The molecule has 0 heterocycles. The summed E-state index contributed by atoms with van der Waals surface area (Å²) in [6.07, 6.45) is 5.69. The molecule has 1 fully saturated rings. The van der Waals surface area contributed by atoms with Gasteiger partial charge in [-0.05, 0) is 43.2 Å². The standard InChI is InChI=1S/C16H21NO2/c1-19-11-16(18)17(13-9-10-13)15-8-4-6-12-5-2-3-7-14(12)15/h2-3,5,7,13,15H,4,6,8-11H2,1H3. The number of hydrogen-bond acceptors (Lipinski definition) is 2. The average Bonchev–Trinajstić information content (AvgIpc) is 3.24. The number of aryl methyl sites for hydroxylation is 1. The smallest absolute Gasteiger partial charge is 0.249 e. The highest BCUT2D eigenvalue weighted by molar-refractivity contribution is 5.78. The summed E-state index contributed by atoms with van der Waals surface area (Å²) in [5.41, 5.74) is 2.76. The van der Waals surface area contributed by atoms with Gasteiger partial charge in [-0.1, -0.05) is 24.3 Å². The summed E-state index contributed by atoms with van der Waals surface area (Å²) in [7, 11) is 1.60. The second kappa shape index (κ2) is 5.33. The quantitative estimate of drug-likeness (QED) is 0.832. The van der Waals surface area contributed by atoms with Crippen LogP contribution in [0, 0.1) is 0 Å². The first-order valence-electron chi connectivity index (χ1n) is 7.19. The lowest BCUT2D eigenvalue weighted by molar-refractivity contribution is -0.138. The highest BCUT2D eigenvalue weighted by atomic mass is 16.5. The largest absolute Gasteiger partial charge is 0.375 e. The summed E-state index contributed by atoms with van der Waals surface area (Å²) in [6.45, 7) is 0.204. The van der Waals surface area contributed by atoms with Crippen molar-refractivity contribution in [3.63, 3.8) is 0 Å². The lowest BCUT2D eigenvalue weighted by Crippen LogP contribution is -2.40. The maximum atomic E-state index is 12.3. The molecule has 1 atom stereocenters. The third-order valence-electron chi connectivity index (χ3n) is 4.17. The van der Waals surface area contributed by atoms with E-state index in [1.54, 1.807) is 7.11 Å². The van der Waals surface area contributed by atoms with Crippen LogP contribution < -0.4 is 0 Å². The van der Waals surface area contributed by atoms with Crippen LogP contribution in [-0.2, 0) is 16.0 Å². The van der Waals surface area contributed by atoms with Gasteiger partial charge in [-0.15, -0.1) is 0 Å². The number of amides is 1. The molecule has 3 heteroatoms. The Hall–Kier alpha value is -1.35. The minimum atomic E-state index is 0.145. The zero-order valence-electron chi connectivity index (χ0n) is 11.5. The van der Waals surface area contributed by atoms with E-state index >= 15 is 0 Å². The number of ether oxygens (including phenoxy) is 1. The first kappa shape index (κ1) is 12.7. The zero-order chi connectivity index (χ0) is 13.2. The number of methoxy groups -OCH3 is 1. The molecule has 1 aromatic rings. The molecule has 102 valence electrons. The minimum Gasteiger partial charge on any atom is -0.375 e. The van der Waals surface area contributed by atoms with E-state index in [0.29, 0.717) is 6.04 Å². The van der Waals surface area contributed by atoms with Gasteiger partial charge in [0.15, 0.2) is 0 Å². The predicted octanol–water partition coefficient (Wildman–Crippen LogP) is 2.70. The van der Waals surface area contributed by atoms with Gasteiger partial charge in [-0.2, -0.15) is 0 Å². The Morgan fingerprint density at radius 1 is 1.32 bits per heavy atom. The maximum Gasteiger partial charge on any atom is 0.249 e. The van der Waals surface area contributed by atoms with Crippen molar-refractivity contribution in [2.24, 2.45) is 0 Å². The van der Waals surface area contributed by atoms with Crippen LogP contribution in [0.2, 0.25) is 0 Å². The number of rotatable bonds is 4. The third-order valence-corrected chi connectivity index (χ3v) is 4.17. The van der Waals surface area contributed by atoms with Crippen LogP contribution in [0.15, 0.2) is 24.3 Å². The molecule has 1 aromatic carbocycles. The molecular formula is C16H21NO2. The third kappa shape index (κ3) is 2.52. The highest BCUT2D eigenvalue weighted by Crippen LogP contribution is 2.40. The second-order valence-corrected chi connectivity index (χ2v) is 5.57. The molecule has 3 nitrogen and oxygen atoms in total. The van der Waals surface area contributed by atoms with Crippen LogP contribution in [0.5, 0.6) is 0 Å². The fourth-order valence-corrected chi connectivity index (χ4v) is 3.20. The van der Waals surface area contributed by atoms with E-state index in [-0.39, 0.29) is 18.6 Å². The average molecular weight is 259 g/mol. The number of carbonyl (C=O) groups excluding carboxylic acids is 1.